The Morgan fingerprint density at radius 1 is 1.35 bits per heavy atom. The molecule has 0 saturated carbocycles. The van der Waals surface area contributed by atoms with Gasteiger partial charge >= 0.3 is 0 Å². The molecule has 2 aromatic rings. The Kier molecular flexibility index (Phi) is 4.95. The van der Waals surface area contributed by atoms with Gasteiger partial charge in [-0.15, -0.1) is 17.9 Å². The number of carbonyl (C=O) groups excluding carboxylic acids is 1. The summed E-state index contributed by atoms with van der Waals surface area (Å²) >= 11 is 8.65. The molecule has 7 heteroatoms. The molecule has 1 saturated heterocycles. The highest BCUT2D eigenvalue weighted by atomic mass is 35.5. The van der Waals surface area contributed by atoms with Crippen molar-refractivity contribution in [1.29, 1.82) is 0 Å². The molecule has 1 aromatic carbocycles. The molecule has 4 nitrogen and oxygen atoms in total. The van der Waals surface area contributed by atoms with Crippen LogP contribution in [0.2, 0.25) is 5.02 Å². The number of nitrogens with zero attached hydrogens (tertiary/aromatic N) is 3. The van der Waals surface area contributed by atoms with Crippen molar-refractivity contribution in [2.24, 2.45) is 4.99 Å². The number of halogens is 1. The zero-order valence-corrected chi connectivity index (χ0v) is 14.4. The largest absolute Gasteiger partial charge is 0.282 e. The monoisotopic (exact) mass is 361 g/mol. The maximum Gasteiger partial charge on any atom is 0.267 e. The minimum Gasteiger partial charge on any atom is -0.282 e. The molecule has 0 bridgehead atoms. The molecule has 0 spiro atoms. The molecule has 1 aliphatic rings. The van der Waals surface area contributed by atoms with E-state index >= 15 is 0 Å². The van der Waals surface area contributed by atoms with E-state index in [9.17, 15) is 4.79 Å². The zero-order valence-electron chi connectivity index (χ0n) is 12.0. The van der Waals surface area contributed by atoms with E-state index in [4.69, 9.17) is 11.6 Å². The Labute approximate surface area is 147 Å². The second-order valence-corrected chi connectivity index (χ2v) is 6.89. The lowest BCUT2D eigenvalue weighted by molar-refractivity contribution is -0.121. The van der Waals surface area contributed by atoms with Crippen molar-refractivity contribution in [1.82, 2.24) is 9.88 Å². The third-order valence-corrected chi connectivity index (χ3v) is 4.90. The molecular formula is C16H12ClN3OS2. The first-order valence-electron chi connectivity index (χ1n) is 6.73. The number of amides is 1. The summed E-state index contributed by atoms with van der Waals surface area (Å²) in [6, 6.07) is 7.34. The summed E-state index contributed by atoms with van der Waals surface area (Å²) in [5.74, 6) is -0.0832. The van der Waals surface area contributed by atoms with E-state index in [0.717, 1.165) is 5.56 Å². The zero-order chi connectivity index (χ0) is 16.2. The van der Waals surface area contributed by atoms with Crippen LogP contribution in [0.5, 0.6) is 0 Å². The number of carbonyl (C=O) groups is 1. The van der Waals surface area contributed by atoms with Crippen LogP contribution >= 0.6 is 34.7 Å². The van der Waals surface area contributed by atoms with Crippen LogP contribution in [0, 0.1) is 0 Å². The van der Waals surface area contributed by atoms with Crippen LogP contribution in [0.3, 0.4) is 0 Å². The second kappa shape index (κ2) is 7.12. The number of aromatic nitrogens is 1. The van der Waals surface area contributed by atoms with Gasteiger partial charge < -0.3 is 0 Å². The molecule has 2 heterocycles. The summed E-state index contributed by atoms with van der Waals surface area (Å²) in [6.45, 7) is 4.11. The summed E-state index contributed by atoms with van der Waals surface area (Å²) in [4.78, 5) is 23.4. The van der Waals surface area contributed by atoms with Gasteiger partial charge in [-0.1, -0.05) is 29.8 Å². The van der Waals surface area contributed by atoms with Crippen molar-refractivity contribution < 1.29 is 4.79 Å². The Morgan fingerprint density at radius 3 is 2.78 bits per heavy atom. The van der Waals surface area contributed by atoms with E-state index in [2.05, 4.69) is 16.6 Å². The third-order valence-electron chi connectivity index (χ3n) is 2.98. The number of thiazole rings is 1. The van der Waals surface area contributed by atoms with E-state index < -0.39 is 0 Å². The number of amidine groups is 1. The van der Waals surface area contributed by atoms with Crippen LogP contribution in [0.1, 0.15) is 5.56 Å². The maximum atomic E-state index is 12.6. The summed E-state index contributed by atoms with van der Waals surface area (Å²) in [6.07, 6.45) is 5.21. The topological polar surface area (TPSA) is 45.6 Å². The number of benzene rings is 1. The molecule has 3 rings (SSSR count). The third kappa shape index (κ3) is 3.72. The molecule has 1 aromatic heterocycles. The highest BCUT2D eigenvalue weighted by Gasteiger charge is 2.32. The van der Waals surface area contributed by atoms with Crippen molar-refractivity contribution >= 4 is 57.0 Å². The van der Waals surface area contributed by atoms with Crippen LogP contribution in [0.4, 0.5) is 5.13 Å². The van der Waals surface area contributed by atoms with Gasteiger partial charge in [0.1, 0.15) is 0 Å². The van der Waals surface area contributed by atoms with E-state index in [-0.39, 0.29) is 5.91 Å². The van der Waals surface area contributed by atoms with Crippen molar-refractivity contribution in [2.45, 2.75) is 0 Å². The van der Waals surface area contributed by atoms with Crippen molar-refractivity contribution in [3.8, 4) is 0 Å². The van der Waals surface area contributed by atoms with Crippen molar-refractivity contribution in [3.63, 3.8) is 0 Å². The number of hydrogen-bond acceptors (Lipinski definition) is 5. The quantitative estimate of drug-likeness (QED) is 0.591. The molecule has 0 N–H and O–H groups in total. The average Bonchev–Trinajstić information content (AvgIpc) is 3.14. The van der Waals surface area contributed by atoms with Crippen LogP contribution < -0.4 is 0 Å². The molecule has 1 fully saturated rings. The lowest BCUT2D eigenvalue weighted by atomic mass is 10.2. The first kappa shape index (κ1) is 16.0. The lowest BCUT2D eigenvalue weighted by Crippen LogP contribution is -2.29. The summed E-state index contributed by atoms with van der Waals surface area (Å²) in [5, 5.41) is 3.76. The second-order valence-electron chi connectivity index (χ2n) is 4.58. The normalized spacial score (nSPS) is 18.1. The van der Waals surface area contributed by atoms with Gasteiger partial charge in [-0.25, -0.2) is 4.98 Å². The van der Waals surface area contributed by atoms with Gasteiger partial charge in [0.2, 0.25) is 5.13 Å². The van der Waals surface area contributed by atoms with Crippen molar-refractivity contribution in [3.05, 3.63) is 64.0 Å². The fourth-order valence-electron chi connectivity index (χ4n) is 1.94. The lowest BCUT2D eigenvalue weighted by Gasteiger charge is -2.11. The molecule has 23 heavy (non-hydrogen) atoms. The molecule has 0 aliphatic carbocycles. The highest BCUT2D eigenvalue weighted by molar-refractivity contribution is 8.18. The van der Waals surface area contributed by atoms with Gasteiger partial charge in [-0.3, -0.25) is 9.69 Å². The number of rotatable bonds is 4. The molecule has 116 valence electrons. The van der Waals surface area contributed by atoms with Crippen LogP contribution in [-0.2, 0) is 4.79 Å². The fourth-order valence-corrected chi connectivity index (χ4v) is 3.62. The molecule has 0 radical (unpaired) electrons. The predicted molar refractivity (Wildman–Crippen MR) is 98.1 cm³/mol. The van der Waals surface area contributed by atoms with Crippen molar-refractivity contribution in [2.75, 3.05) is 6.54 Å². The maximum absolute atomic E-state index is 12.6. The van der Waals surface area contributed by atoms with E-state index in [0.29, 0.717) is 26.8 Å². The SMILES string of the molecule is C=CCN1C(=O)/C(=C/c2ccc(Cl)cc2)SC1=Nc1nccs1. The molecule has 1 amide bonds. The van der Waals surface area contributed by atoms with Gasteiger partial charge in [0.05, 0.1) is 4.91 Å². The number of aliphatic imine (C=N–C) groups is 1. The summed E-state index contributed by atoms with van der Waals surface area (Å²) in [5.41, 5.74) is 0.916. The number of thioether (sulfide) groups is 1. The molecule has 0 unspecified atom stereocenters. The first-order valence-corrected chi connectivity index (χ1v) is 8.81. The van der Waals surface area contributed by atoms with Crippen LogP contribution in [-0.4, -0.2) is 27.5 Å². The minimum atomic E-state index is -0.0832. The van der Waals surface area contributed by atoms with Gasteiger partial charge in [-0.05, 0) is 35.5 Å². The molecule has 1 aliphatic heterocycles. The average molecular weight is 362 g/mol. The summed E-state index contributed by atoms with van der Waals surface area (Å²) in [7, 11) is 0. The van der Waals surface area contributed by atoms with Gasteiger partial charge in [-0.2, -0.15) is 4.99 Å². The Morgan fingerprint density at radius 2 is 2.13 bits per heavy atom. The van der Waals surface area contributed by atoms with E-state index in [1.807, 2.05) is 23.6 Å². The smallest absolute Gasteiger partial charge is 0.267 e. The number of hydrogen-bond donors (Lipinski definition) is 0. The molecular weight excluding hydrogens is 350 g/mol. The summed E-state index contributed by atoms with van der Waals surface area (Å²) < 4.78 is 0. The Bertz CT molecular complexity index is 782. The van der Waals surface area contributed by atoms with Gasteiger partial charge in [0.15, 0.2) is 5.17 Å². The Hall–Kier alpha value is -1.89. The van der Waals surface area contributed by atoms with E-state index in [1.54, 1.807) is 29.3 Å². The minimum absolute atomic E-state index is 0.0832. The molecule has 0 atom stereocenters. The van der Waals surface area contributed by atoms with Crippen LogP contribution in [0.15, 0.2) is 58.4 Å². The Balaban J connectivity index is 1.92. The van der Waals surface area contributed by atoms with Gasteiger partial charge in [0, 0.05) is 23.1 Å². The van der Waals surface area contributed by atoms with Crippen LogP contribution in [0.25, 0.3) is 6.08 Å². The van der Waals surface area contributed by atoms with Gasteiger partial charge in [0.25, 0.3) is 5.91 Å². The standard InChI is InChI=1S/C16H12ClN3OS2/c1-2-8-20-14(21)13(10-11-3-5-12(17)6-4-11)23-16(20)19-15-18-7-9-22-15/h2-7,9-10H,1,8H2/b13-10-,19-16?. The first-order chi connectivity index (χ1) is 11.2. The van der Waals surface area contributed by atoms with E-state index in [1.165, 1.54) is 23.1 Å². The fraction of sp³-hybridized carbons (Fsp3) is 0.0625. The predicted octanol–water partition coefficient (Wildman–Crippen LogP) is 4.59. The highest BCUT2D eigenvalue weighted by Crippen LogP contribution is 2.34.